The van der Waals surface area contributed by atoms with Crippen molar-refractivity contribution < 1.29 is 30.7 Å². The summed E-state index contributed by atoms with van der Waals surface area (Å²) < 4.78 is 78.4. The lowest BCUT2D eigenvalue weighted by atomic mass is 10.7. The predicted molar refractivity (Wildman–Crippen MR) is 24.6 cm³/mol. The van der Waals surface area contributed by atoms with Crippen molar-refractivity contribution in [1.82, 2.24) is 0 Å². The van der Waals surface area contributed by atoms with Crippen LogP contribution in [0.25, 0.3) is 0 Å². The van der Waals surface area contributed by atoms with E-state index in [-0.39, 0.29) is 0 Å². The maximum atomic E-state index is 11.5. The van der Waals surface area contributed by atoms with E-state index in [1.807, 2.05) is 0 Å². The molecule has 0 heterocycles. The summed E-state index contributed by atoms with van der Waals surface area (Å²) >= 11 is -1.73. The number of hydrogen-bond acceptors (Lipinski definition) is 1. The van der Waals surface area contributed by atoms with Crippen molar-refractivity contribution >= 4 is 11.8 Å². The maximum Gasteiger partial charge on any atom is 0.464 e. The lowest BCUT2D eigenvalue weighted by molar-refractivity contribution is -0.238. The molecule has 0 saturated heterocycles. The molecular weight excluding hydrogens is 201 g/mol. The molecule has 68 valence electrons. The Labute approximate surface area is 60.8 Å². The summed E-state index contributed by atoms with van der Waals surface area (Å²) in [6.45, 7) is 0. The van der Waals surface area contributed by atoms with Gasteiger partial charge in [0.05, 0.1) is 0 Å². The molecule has 0 aliphatic heterocycles. The smallest absolute Gasteiger partial charge is 0.198 e. The number of halogens is 7. The second kappa shape index (κ2) is 3.08. The molecule has 0 aromatic rings. The fourth-order valence-corrected chi connectivity index (χ4v) is 0.536. The van der Waals surface area contributed by atoms with Crippen molar-refractivity contribution in [2.45, 2.75) is 17.2 Å². The van der Waals surface area contributed by atoms with E-state index in [0.29, 0.717) is 0 Å². The van der Waals surface area contributed by atoms with Crippen molar-refractivity contribution in [3.63, 3.8) is 0 Å². The molecule has 0 saturated carbocycles. The van der Waals surface area contributed by atoms with E-state index in [1.54, 1.807) is 0 Å². The van der Waals surface area contributed by atoms with Crippen LogP contribution in [0, 0.1) is 0 Å². The van der Waals surface area contributed by atoms with Crippen LogP contribution in [0.3, 0.4) is 0 Å². The van der Waals surface area contributed by atoms with E-state index in [9.17, 15) is 30.7 Å². The summed E-state index contributed by atoms with van der Waals surface area (Å²) in [5.74, 6) is -3.74. The van der Waals surface area contributed by atoms with Crippen LogP contribution in [0.15, 0.2) is 0 Å². The van der Waals surface area contributed by atoms with E-state index < -0.39 is 29.0 Å². The summed E-state index contributed by atoms with van der Waals surface area (Å²) in [5, 5.41) is -5.37. The van der Waals surface area contributed by atoms with Crippen LogP contribution >= 0.6 is 11.8 Å². The highest BCUT2D eigenvalue weighted by Gasteiger charge is 2.59. The molecule has 0 spiro atoms. The molecular formula is C3HF7S. The largest absolute Gasteiger partial charge is 0.464 e. The first-order valence-electron chi connectivity index (χ1n) is 2.07. The van der Waals surface area contributed by atoms with Crippen LogP contribution < -0.4 is 0 Å². The Balaban J connectivity index is 4.22. The van der Waals surface area contributed by atoms with Gasteiger partial charge in [0.25, 0.3) is 5.76 Å². The van der Waals surface area contributed by atoms with Gasteiger partial charge in [0, 0.05) is 0 Å². The van der Waals surface area contributed by atoms with Crippen LogP contribution in [0.4, 0.5) is 30.7 Å². The van der Waals surface area contributed by atoms with Gasteiger partial charge in [0.1, 0.15) is 0 Å². The molecule has 0 unspecified atom stereocenters. The highest BCUT2D eigenvalue weighted by molar-refractivity contribution is 8.00. The van der Waals surface area contributed by atoms with Crippen molar-refractivity contribution in [2.24, 2.45) is 0 Å². The van der Waals surface area contributed by atoms with Crippen LogP contribution in [0.2, 0.25) is 0 Å². The van der Waals surface area contributed by atoms with Crippen LogP contribution in [0.1, 0.15) is 0 Å². The SMILES string of the molecule is FC(F)SC(F)(F)C(F)(F)F. The molecule has 0 nitrogen and oxygen atoms in total. The number of alkyl halides is 7. The minimum Gasteiger partial charge on any atom is -0.198 e. The van der Waals surface area contributed by atoms with Crippen LogP contribution in [-0.4, -0.2) is 17.2 Å². The number of hydrogen-bond donors (Lipinski definition) is 0. The second-order valence-corrected chi connectivity index (χ2v) is 2.50. The third kappa shape index (κ3) is 3.17. The van der Waals surface area contributed by atoms with E-state index in [2.05, 4.69) is 0 Å². The third-order valence-electron chi connectivity index (χ3n) is 0.567. The van der Waals surface area contributed by atoms with Gasteiger partial charge in [-0.1, -0.05) is 0 Å². The van der Waals surface area contributed by atoms with Crippen molar-refractivity contribution in [1.29, 1.82) is 0 Å². The molecule has 11 heavy (non-hydrogen) atoms. The van der Waals surface area contributed by atoms with Crippen molar-refractivity contribution in [2.75, 3.05) is 0 Å². The lowest BCUT2D eigenvalue weighted by Crippen LogP contribution is -2.33. The summed E-state index contributed by atoms with van der Waals surface area (Å²) in [6.07, 6.45) is -5.92. The van der Waals surface area contributed by atoms with Gasteiger partial charge in [-0.25, -0.2) is 0 Å². The Morgan fingerprint density at radius 3 is 1.36 bits per heavy atom. The third-order valence-corrected chi connectivity index (χ3v) is 1.27. The lowest BCUT2D eigenvalue weighted by Gasteiger charge is -2.17. The van der Waals surface area contributed by atoms with Gasteiger partial charge in [-0.05, 0) is 11.8 Å². The molecule has 0 atom stereocenters. The van der Waals surface area contributed by atoms with E-state index in [4.69, 9.17) is 0 Å². The van der Waals surface area contributed by atoms with Crippen molar-refractivity contribution in [3.8, 4) is 0 Å². The summed E-state index contributed by atoms with van der Waals surface area (Å²) in [6, 6.07) is 0. The topological polar surface area (TPSA) is 0 Å². The molecule has 0 rings (SSSR count). The first-order valence-corrected chi connectivity index (χ1v) is 2.95. The highest BCUT2D eigenvalue weighted by atomic mass is 32.2. The zero-order valence-corrected chi connectivity index (χ0v) is 5.45. The van der Waals surface area contributed by atoms with Gasteiger partial charge >= 0.3 is 11.4 Å². The van der Waals surface area contributed by atoms with Gasteiger partial charge in [-0.15, -0.1) is 0 Å². The Kier molecular flexibility index (Phi) is 3.04. The quantitative estimate of drug-likeness (QED) is 0.620. The minimum absolute atomic E-state index is 1.73. The van der Waals surface area contributed by atoms with Gasteiger partial charge in [-0.2, -0.15) is 30.7 Å². The van der Waals surface area contributed by atoms with Crippen molar-refractivity contribution in [3.05, 3.63) is 0 Å². The molecule has 0 fully saturated rings. The summed E-state index contributed by atoms with van der Waals surface area (Å²) in [4.78, 5) is 0. The highest BCUT2D eigenvalue weighted by Crippen LogP contribution is 2.46. The molecule has 0 bridgehead atoms. The minimum atomic E-state index is -5.92. The first kappa shape index (κ1) is 10.9. The monoisotopic (exact) mass is 202 g/mol. The molecule has 0 radical (unpaired) electrons. The Hall–Kier alpha value is -0.140. The maximum absolute atomic E-state index is 11.5. The Morgan fingerprint density at radius 1 is 0.909 bits per heavy atom. The summed E-state index contributed by atoms with van der Waals surface area (Å²) in [5.41, 5.74) is 0. The predicted octanol–water partition coefficient (Wildman–Crippen LogP) is 3.10. The fraction of sp³-hybridized carbons (Fsp3) is 1.00. The molecule has 0 amide bonds. The second-order valence-electron chi connectivity index (χ2n) is 1.39. The van der Waals surface area contributed by atoms with Crippen LogP contribution in [-0.2, 0) is 0 Å². The van der Waals surface area contributed by atoms with E-state index >= 15 is 0 Å². The molecule has 0 aliphatic carbocycles. The molecule has 0 N–H and O–H groups in total. The summed E-state index contributed by atoms with van der Waals surface area (Å²) in [7, 11) is 0. The fourth-order valence-electron chi connectivity index (χ4n) is 0.179. The number of thioether (sulfide) groups is 1. The number of rotatable bonds is 2. The van der Waals surface area contributed by atoms with Gasteiger partial charge in [0.2, 0.25) is 0 Å². The zero-order valence-electron chi connectivity index (χ0n) is 4.63. The molecule has 0 aromatic heterocycles. The first-order chi connectivity index (χ1) is 4.67. The van der Waals surface area contributed by atoms with Gasteiger partial charge in [0.15, 0.2) is 0 Å². The average Bonchev–Trinajstić information content (AvgIpc) is 1.56. The van der Waals surface area contributed by atoms with E-state index in [1.165, 1.54) is 0 Å². The standard InChI is InChI=1S/C3HF7S/c4-1(5)11-3(9,10)2(6,7)8/h1H. The average molecular weight is 202 g/mol. The van der Waals surface area contributed by atoms with Gasteiger partial charge in [-0.3, -0.25) is 0 Å². The Morgan fingerprint density at radius 2 is 1.27 bits per heavy atom. The van der Waals surface area contributed by atoms with E-state index in [0.717, 1.165) is 0 Å². The van der Waals surface area contributed by atoms with Gasteiger partial charge < -0.3 is 0 Å². The Bertz CT molecular complexity index is 126. The normalized spacial score (nSPS) is 14.2. The molecule has 0 aromatic carbocycles. The zero-order chi connectivity index (χ0) is 9.28. The molecule has 8 heteroatoms. The van der Waals surface area contributed by atoms with Crippen LogP contribution in [0.5, 0.6) is 0 Å². The molecule has 0 aliphatic rings.